The number of halogens is 2. The summed E-state index contributed by atoms with van der Waals surface area (Å²) >= 11 is 12.3. The van der Waals surface area contributed by atoms with Gasteiger partial charge in [-0.3, -0.25) is 9.59 Å². The molecule has 9 heteroatoms. The summed E-state index contributed by atoms with van der Waals surface area (Å²) in [4.78, 5) is 34.2. The third-order valence-electron chi connectivity index (χ3n) is 7.59. The molecule has 6 nitrogen and oxygen atoms in total. The van der Waals surface area contributed by atoms with Crippen molar-refractivity contribution in [1.29, 1.82) is 0 Å². The number of carbonyl (C=O) groups excluding carboxylic acids is 2. The maximum absolute atomic E-state index is 13.9. The zero-order chi connectivity index (χ0) is 28.7. The molecule has 4 aromatic rings. The molecule has 2 aliphatic rings. The fourth-order valence-corrected chi connectivity index (χ4v) is 7.02. The number of amides is 2. The average molecular weight is 605 g/mol. The van der Waals surface area contributed by atoms with Gasteiger partial charge in [-0.2, -0.15) is 0 Å². The van der Waals surface area contributed by atoms with Gasteiger partial charge < -0.3 is 14.7 Å². The van der Waals surface area contributed by atoms with E-state index in [4.69, 9.17) is 23.2 Å². The van der Waals surface area contributed by atoms with Crippen molar-refractivity contribution in [1.82, 2.24) is 4.90 Å². The topological polar surface area (TPSA) is 60.9 Å². The average Bonchev–Trinajstić information content (AvgIpc) is 3.08. The molecule has 41 heavy (non-hydrogen) atoms. The lowest BCUT2D eigenvalue weighted by Gasteiger charge is -2.37. The number of hydrogen-bond acceptors (Lipinski definition) is 4. The van der Waals surface area contributed by atoms with Crippen LogP contribution in [0.25, 0.3) is 0 Å². The first kappa shape index (κ1) is 27.5. The summed E-state index contributed by atoms with van der Waals surface area (Å²) in [6, 6.07) is 25.2. The molecule has 0 N–H and O–H groups in total. The molecular formula is C32H27Cl2N3O3S. The molecule has 1 saturated heterocycles. The van der Waals surface area contributed by atoms with E-state index < -0.39 is 10.8 Å². The minimum absolute atomic E-state index is 0.123. The van der Waals surface area contributed by atoms with Crippen molar-refractivity contribution in [3.8, 4) is 0 Å². The molecule has 2 heterocycles. The molecule has 0 unspecified atom stereocenters. The van der Waals surface area contributed by atoms with Gasteiger partial charge in [0.2, 0.25) is 0 Å². The Balaban J connectivity index is 1.31. The molecule has 0 aliphatic carbocycles. The highest BCUT2D eigenvalue weighted by molar-refractivity contribution is 7.85. The second kappa shape index (κ2) is 11.3. The van der Waals surface area contributed by atoms with E-state index in [0.717, 1.165) is 16.8 Å². The Morgan fingerprint density at radius 3 is 2.27 bits per heavy atom. The van der Waals surface area contributed by atoms with Gasteiger partial charge in [-0.1, -0.05) is 53.5 Å². The molecular weight excluding hydrogens is 577 g/mol. The van der Waals surface area contributed by atoms with Gasteiger partial charge in [0.25, 0.3) is 11.8 Å². The Hall–Kier alpha value is -3.65. The fourth-order valence-electron chi connectivity index (χ4n) is 5.38. The monoisotopic (exact) mass is 603 g/mol. The van der Waals surface area contributed by atoms with E-state index in [-0.39, 0.29) is 18.4 Å². The molecule has 4 aromatic carbocycles. The molecule has 0 bridgehead atoms. The maximum atomic E-state index is 13.9. The summed E-state index contributed by atoms with van der Waals surface area (Å²) in [5, 5.41) is 1.28. The highest BCUT2D eigenvalue weighted by Crippen LogP contribution is 2.36. The van der Waals surface area contributed by atoms with Crippen LogP contribution in [0.5, 0.6) is 0 Å². The van der Waals surface area contributed by atoms with Gasteiger partial charge in [-0.15, -0.1) is 0 Å². The van der Waals surface area contributed by atoms with Crippen LogP contribution >= 0.6 is 23.2 Å². The Morgan fingerprint density at radius 2 is 1.51 bits per heavy atom. The second-order valence-corrected chi connectivity index (χ2v) is 12.5. The largest absolute Gasteiger partial charge is 0.368 e. The van der Waals surface area contributed by atoms with Crippen LogP contribution in [0.15, 0.2) is 94.7 Å². The first-order valence-corrected chi connectivity index (χ1v) is 15.2. The summed E-state index contributed by atoms with van der Waals surface area (Å²) in [5.41, 5.74) is 4.39. The van der Waals surface area contributed by atoms with Crippen molar-refractivity contribution in [2.45, 2.75) is 23.3 Å². The Kier molecular flexibility index (Phi) is 7.60. The van der Waals surface area contributed by atoms with Crippen molar-refractivity contribution in [3.05, 3.63) is 117 Å². The van der Waals surface area contributed by atoms with Crippen molar-refractivity contribution in [2.24, 2.45) is 0 Å². The summed E-state index contributed by atoms with van der Waals surface area (Å²) in [6.07, 6.45) is 0. The Morgan fingerprint density at radius 1 is 0.805 bits per heavy atom. The highest BCUT2D eigenvalue weighted by Gasteiger charge is 2.32. The fraction of sp³-hybridized carbons (Fsp3) is 0.188. The predicted molar refractivity (Wildman–Crippen MR) is 164 cm³/mol. The van der Waals surface area contributed by atoms with E-state index in [1.807, 2.05) is 35.2 Å². The summed E-state index contributed by atoms with van der Waals surface area (Å²) < 4.78 is 13.7. The van der Waals surface area contributed by atoms with Crippen LogP contribution in [0, 0.1) is 6.92 Å². The SMILES string of the molecule is Cc1ccc(Cl)cc1N1CCN(C(=O)c2ccc3c(c2)N(Cc2ccc(Cl)cc2)C(=O)c2ccccc2[S@]3=O)CC1. The molecule has 0 saturated carbocycles. The van der Waals surface area contributed by atoms with Crippen LogP contribution in [-0.4, -0.2) is 47.1 Å². The van der Waals surface area contributed by atoms with Crippen LogP contribution in [-0.2, 0) is 17.3 Å². The van der Waals surface area contributed by atoms with E-state index in [9.17, 15) is 13.8 Å². The van der Waals surface area contributed by atoms with Crippen molar-refractivity contribution in [3.63, 3.8) is 0 Å². The van der Waals surface area contributed by atoms with Crippen LogP contribution in [0.1, 0.15) is 31.8 Å². The number of anilines is 2. The highest BCUT2D eigenvalue weighted by atomic mass is 35.5. The molecule has 208 valence electrons. The van der Waals surface area contributed by atoms with Gasteiger partial charge in [0.1, 0.15) is 0 Å². The quantitative estimate of drug-likeness (QED) is 0.264. The smallest absolute Gasteiger partial charge is 0.259 e. The van der Waals surface area contributed by atoms with Gasteiger partial charge in [0.05, 0.1) is 38.4 Å². The van der Waals surface area contributed by atoms with E-state index in [1.54, 1.807) is 59.5 Å². The van der Waals surface area contributed by atoms with Crippen LogP contribution in [0.2, 0.25) is 10.0 Å². The van der Waals surface area contributed by atoms with Crippen LogP contribution in [0.4, 0.5) is 11.4 Å². The number of hydrogen-bond donors (Lipinski definition) is 0. The van der Waals surface area contributed by atoms with Crippen molar-refractivity contribution < 1.29 is 13.8 Å². The summed E-state index contributed by atoms with van der Waals surface area (Å²) in [5.74, 6) is -0.389. The van der Waals surface area contributed by atoms with Crippen molar-refractivity contribution >= 4 is 57.2 Å². The summed E-state index contributed by atoms with van der Waals surface area (Å²) in [6.45, 7) is 4.75. The molecule has 0 spiro atoms. The van der Waals surface area contributed by atoms with Gasteiger partial charge in [-0.25, -0.2) is 4.21 Å². The number of piperazine rings is 1. The number of nitrogens with zero attached hydrogens (tertiary/aromatic N) is 3. The molecule has 2 aliphatic heterocycles. The standard InChI is InChI=1S/C32H27Cl2N3O3S/c1-21-6-10-25(34)19-27(21)35-14-16-36(17-15-35)31(38)23-9-13-30-28(18-23)37(20-22-7-11-24(33)12-8-22)32(39)26-4-2-3-5-29(26)41(30)40/h2-13,18-19H,14-17,20H2,1H3/t41-/m1/s1. The van der Waals surface area contributed by atoms with Gasteiger partial charge >= 0.3 is 0 Å². The van der Waals surface area contributed by atoms with E-state index in [1.165, 1.54) is 0 Å². The van der Waals surface area contributed by atoms with Gasteiger partial charge in [0.15, 0.2) is 0 Å². The number of benzene rings is 4. The second-order valence-electron chi connectivity index (χ2n) is 10.2. The minimum atomic E-state index is -1.59. The Labute approximate surface area is 251 Å². The number of carbonyl (C=O) groups is 2. The van der Waals surface area contributed by atoms with E-state index in [2.05, 4.69) is 11.8 Å². The first-order valence-electron chi connectivity index (χ1n) is 13.3. The lowest BCUT2D eigenvalue weighted by atomic mass is 10.1. The molecule has 2 amide bonds. The van der Waals surface area contributed by atoms with E-state index in [0.29, 0.717) is 62.8 Å². The number of aryl methyl sites for hydroxylation is 1. The number of rotatable bonds is 4. The number of fused-ring (bicyclic) bond motifs is 2. The third-order valence-corrected chi connectivity index (χ3v) is 9.58. The summed E-state index contributed by atoms with van der Waals surface area (Å²) in [7, 11) is -1.59. The zero-order valence-electron chi connectivity index (χ0n) is 22.3. The van der Waals surface area contributed by atoms with Crippen LogP contribution in [0.3, 0.4) is 0 Å². The van der Waals surface area contributed by atoms with Crippen molar-refractivity contribution in [2.75, 3.05) is 36.0 Å². The van der Waals surface area contributed by atoms with E-state index >= 15 is 0 Å². The minimum Gasteiger partial charge on any atom is -0.368 e. The third kappa shape index (κ3) is 5.37. The van der Waals surface area contributed by atoms with Gasteiger partial charge in [-0.05, 0) is 72.6 Å². The molecule has 0 aromatic heterocycles. The molecule has 1 atom stereocenters. The maximum Gasteiger partial charge on any atom is 0.259 e. The lowest BCUT2D eigenvalue weighted by Crippen LogP contribution is -2.49. The first-order chi connectivity index (χ1) is 19.8. The molecule has 1 fully saturated rings. The Bertz CT molecular complexity index is 1680. The normalized spacial score (nSPS) is 16.7. The predicted octanol–water partition coefficient (Wildman–Crippen LogP) is 6.59. The zero-order valence-corrected chi connectivity index (χ0v) is 24.7. The molecule has 6 rings (SSSR count). The lowest BCUT2D eigenvalue weighted by molar-refractivity contribution is 0.0746. The van der Waals surface area contributed by atoms with Gasteiger partial charge in [0, 0.05) is 47.5 Å². The molecule has 0 radical (unpaired) electrons. The van der Waals surface area contributed by atoms with Crippen LogP contribution < -0.4 is 9.80 Å².